The van der Waals surface area contributed by atoms with Gasteiger partial charge in [0, 0.05) is 50.4 Å². The molecule has 2 aliphatic heterocycles. The standard InChI is InChI=1S/C34H56O6.C32H52O6/c1-7-9-10-11-15-18-23-37-24-19-16-13-12-14-17-20-30(35)34(6)22-21-29-28(5)32(39-25-31(36)38-8-2)26(3)27(4)33(29)40-34;1-6-7-8-9-13-16-21-36-22-17-14-11-10-12-15-18-28(33)32(5)20-19-27-26(4)30(37-23-29(34)35)24(2)25(3)31(27)38-32/h7-25H2,1-6H3;6-23H2,1-5H3,(H,34,35). The number of carbonyl (C=O) groups excluding carboxylic acids is 3. The van der Waals surface area contributed by atoms with Gasteiger partial charge in [-0.05, 0) is 160 Å². The van der Waals surface area contributed by atoms with E-state index in [1.165, 1.54) is 103 Å². The van der Waals surface area contributed by atoms with Crippen LogP contribution in [0.4, 0.5) is 0 Å². The first-order valence-electron chi connectivity index (χ1n) is 30.9. The predicted molar refractivity (Wildman–Crippen MR) is 314 cm³/mol. The van der Waals surface area contributed by atoms with Crippen molar-refractivity contribution in [2.45, 2.75) is 280 Å². The van der Waals surface area contributed by atoms with Crippen molar-refractivity contribution in [1.82, 2.24) is 0 Å². The lowest BCUT2D eigenvalue weighted by molar-refractivity contribution is -0.145. The van der Waals surface area contributed by atoms with Gasteiger partial charge in [-0.15, -0.1) is 0 Å². The van der Waals surface area contributed by atoms with Gasteiger partial charge in [0.05, 0.1) is 6.61 Å². The van der Waals surface area contributed by atoms with E-state index in [2.05, 4.69) is 13.8 Å². The van der Waals surface area contributed by atoms with Crippen LogP contribution in [0.25, 0.3) is 0 Å². The number of fused-ring (bicyclic) bond motifs is 2. The van der Waals surface area contributed by atoms with Crippen molar-refractivity contribution in [2.24, 2.45) is 0 Å². The second-order valence-corrected chi connectivity index (χ2v) is 22.8. The van der Waals surface area contributed by atoms with Crippen LogP contribution < -0.4 is 18.9 Å². The van der Waals surface area contributed by atoms with E-state index in [0.717, 1.165) is 147 Å². The van der Waals surface area contributed by atoms with E-state index in [1.54, 1.807) is 6.92 Å². The van der Waals surface area contributed by atoms with Crippen LogP contribution in [0.3, 0.4) is 0 Å². The van der Waals surface area contributed by atoms with Crippen LogP contribution in [0.15, 0.2) is 0 Å². The molecule has 0 saturated carbocycles. The number of ether oxygens (including phenoxy) is 7. The third-order valence-electron chi connectivity index (χ3n) is 16.3. The van der Waals surface area contributed by atoms with Gasteiger partial charge in [0.2, 0.25) is 0 Å². The molecule has 0 aliphatic carbocycles. The topological polar surface area (TPSA) is 153 Å². The molecule has 2 aliphatic rings. The highest BCUT2D eigenvalue weighted by Crippen LogP contribution is 2.46. The van der Waals surface area contributed by atoms with Crippen molar-refractivity contribution < 1.29 is 57.4 Å². The zero-order valence-electron chi connectivity index (χ0n) is 51.1. The molecule has 2 aromatic rings. The molecule has 0 radical (unpaired) electrons. The van der Waals surface area contributed by atoms with Gasteiger partial charge in [-0.2, -0.15) is 0 Å². The fourth-order valence-electron chi connectivity index (χ4n) is 10.9. The first kappa shape index (κ1) is 68.1. The normalized spacial score (nSPS) is 16.5. The number of carbonyl (C=O) groups is 4. The molecule has 444 valence electrons. The van der Waals surface area contributed by atoms with Gasteiger partial charge < -0.3 is 38.3 Å². The van der Waals surface area contributed by atoms with Crippen molar-refractivity contribution in [2.75, 3.05) is 46.2 Å². The van der Waals surface area contributed by atoms with Gasteiger partial charge >= 0.3 is 11.9 Å². The molecule has 2 heterocycles. The Morgan fingerprint density at radius 3 is 1.13 bits per heavy atom. The number of hydrogen-bond acceptors (Lipinski definition) is 11. The summed E-state index contributed by atoms with van der Waals surface area (Å²) in [5.41, 5.74) is 6.06. The summed E-state index contributed by atoms with van der Waals surface area (Å²) in [5, 5.41) is 9.01. The van der Waals surface area contributed by atoms with Gasteiger partial charge in [0.1, 0.15) is 23.0 Å². The largest absolute Gasteiger partial charge is 0.481 e. The van der Waals surface area contributed by atoms with E-state index < -0.39 is 17.2 Å². The number of hydrogen-bond donors (Lipinski definition) is 1. The highest BCUT2D eigenvalue weighted by Gasteiger charge is 2.41. The summed E-state index contributed by atoms with van der Waals surface area (Å²) in [5.74, 6) is 1.90. The van der Waals surface area contributed by atoms with Gasteiger partial charge in [-0.3, -0.25) is 9.59 Å². The number of Topliss-reactive ketones (excluding diaryl/α,β-unsaturated/α-hetero) is 2. The molecule has 78 heavy (non-hydrogen) atoms. The first-order valence-corrected chi connectivity index (χ1v) is 30.9. The Balaban J connectivity index is 0.000000411. The Morgan fingerprint density at radius 1 is 0.449 bits per heavy atom. The molecule has 0 saturated heterocycles. The monoisotopic (exact) mass is 1090 g/mol. The van der Waals surface area contributed by atoms with Crippen LogP contribution in [0.1, 0.15) is 259 Å². The predicted octanol–water partition coefficient (Wildman–Crippen LogP) is 16.2. The lowest BCUT2D eigenvalue weighted by Crippen LogP contribution is -2.44. The van der Waals surface area contributed by atoms with Crippen molar-refractivity contribution in [1.29, 1.82) is 0 Å². The van der Waals surface area contributed by atoms with Gasteiger partial charge in [-0.25, -0.2) is 9.59 Å². The smallest absolute Gasteiger partial charge is 0.344 e. The lowest BCUT2D eigenvalue weighted by atomic mass is 9.84. The van der Waals surface area contributed by atoms with Crippen molar-refractivity contribution in [3.8, 4) is 23.0 Å². The van der Waals surface area contributed by atoms with Crippen molar-refractivity contribution >= 4 is 23.5 Å². The number of unbranched alkanes of at least 4 members (excludes halogenated alkanes) is 20. The molecule has 0 spiro atoms. The molecule has 2 aromatic carbocycles. The Hall–Kier alpha value is -4.16. The average molecular weight is 1090 g/mol. The minimum Gasteiger partial charge on any atom is -0.481 e. The van der Waals surface area contributed by atoms with E-state index in [-0.39, 0.29) is 30.7 Å². The zero-order valence-corrected chi connectivity index (χ0v) is 51.1. The lowest BCUT2D eigenvalue weighted by Gasteiger charge is -2.37. The number of rotatable bonds is 41. The van der Waals surface area contributed by atoms with E-state index in [1.807, 2.05) is 55.4 Å². The summed E-state index contributed by atoms with van der Waals surface area (Å²) in [6.07, 6.45) is 32.8. The maximum Gasteiger partial charge on any atom is 0.344 e. The molecule has 0 aromatic heterocycles. The number of benzene rings is 2. The molecule has 2 unspecified atom stereocenters. The Labute approximate surface area is 472 Å². The first-order chi connectivity index (χ1) is 37.5. The van der Waals surface area contributed by atoms with E-state index >= 15 is 0 Å². The molecular weight excluding hydrogens is 985 g/mol. The third kappa shape index (κ3) is 23.1. The van der Waals surface area contributed by atoms with Crippen molar-refractivity contribution in [3.05, 3.63) is 44.5 Å². The molecule has 4 rings (SSSR count). The van der Waals surface area contributed by atoms with Gasteiger partial charge in [0.25, 0.3) is 0 Å². The third-order valence-corrected chi connectivity index (χ3v) is 16.3. The summed E-state index contributed by atoms with van der Waals surface area (Å²) < 4.78 is 40.8. The Bertz CT molecular complexity index is 2110. The molecule has 0 amide bonds. The average Bonchev–Trinajstić information content (AvgIpc) is 3.52. The minimum atomic E-state index is -0.999. The number of ketones is 2. The maximum atomic E-state index is 13.2. The van der Waals surface area contributed by atoms with Crippen LogP contribution in [0.5, 0.6) is 23.0 Å². The number of carboxylic acids is 1. The van der Waals surface area contributed by atoms with Gasteiger partial charge in [0.15, 0.2) is 36.0 Å². The highest BCUT2D eigenvalue weighted by atomic mass is 16.6. The van der Waals surface area contributed by atoms with E-state index in [0.29, 0.717) is 43.8 Å². The molecule has 2 atom stereocenters. The summed E-state index contributed by atoms with van der Waals surface area (Å²) >= 11 is 0. The number of aliphatic carboxylic acids is 1. The number of carboxylic acid groups (broad SMARTS) is 1. The Kier molecular flexibility index (Phi) is 32.9. The maximum absolute atomic E-state index is 13.2. The summed E-state index contributed by atoms with van der Waals surface area (Å²) in [7, 11) is 0. The molecule has 1 N–H and O–H groups in total. The fourth-order valence-corrected chi connectivity index (χ4v) is 10.9. The molecule has 0 fully saturated rings. The summed E-state index contributed by atoms with van der Waals surface area (Å²) in [6, 6.07) is 0. The Morgan fingerprint density at radius 2 is 0.782 bits per heavy atom. The quantitative estimate of drug-likeness (QED) is 0.0498. The van der Waals surface area contributed by atoms with Crippen LogP contribution >= 0.6 is 0 Å². The highest BCUT2D eigenvalue weighted by molar-refractivity contribution is 5.88. The summed E-state index contributed by atoms with van der Waals surface area (Å²) in [6.45, 7) is 25.3. The van der Waals surface area contributed by atoms with Crippen molar-refractivity contribution in [3.63, 3.8) is 0 Å². The van der Waals surface area contributed by atoms with E-state index in [4.69, 9.17) is 38.3 Å². The van der Waals surface area contributed by atoms with Crippen LogP contribution in [-0.2, 0) is 46.2 Å². The zero-order chi connectivity index (χ0) is 57.4. The van der Waals surface area contributed by atoms with Gasteiger partial charge in [-0.1, -0.05) is 129 Å². The summed E-state index contributed by atoms with van der Waals surface area (Å²) in [4.78, 5) is 49.2. The number of esters is 1. The fraction of sp³-hybridized carbons (Fsp3) is 0.758. The van der Waals surface area contributed by atoms with Crippen LogP contribution in [0, 0.1) is 41.5 Å². The molecule has 0 bridgehead atoms. The molecule has 12 heteroatoms. The minimum absolute atomic E-state index is 0.113. The van der Waals surface area contributed by atoms with E-state index in [9.17, 15) is 19.2 Å². The van der Waals surface area contributed by atoms with Crippen LogP contribution in [-0.4, -0.2) is 86.1 Å². The second-order valence-electron chi connectivity index (χ2n) is 22.8. The second kappa shape index (κ2) is 37.7. The van der Waals surface area contributed by atoms with Crippen LogP contribution in [0.2, 0.25) is 0 Å². The molecular formula is C66H108O12. The SMILES string of the molecule is CCCCCCCCOCCCCCCCCC(=O)C1(C)CCc2c(C)c(OCC(=O)O)c(C)c(C)c2O1.CCCCCCCCOCCCCCCCCC(=O)C1(C)CCc2c(C)c(OCC(=O)OCC)c(C)c(C)c2O1. The molecule has 12 nitrogen and oxygen atoms in total.